The third-order valence-corrected chi connectivity index (χ3v) is 5.83. The van der Waals surface area contributed by atoms with Gasteiger partial charge in [0.1, 0.15) is 0 Å². The summed E-state index contributed by atoms with van der Waals surface area (Å²) < 4.78 is 0. The van der Waals surface area contributed by atoms with Crippen LogP contribution in [0.5, 0.6) is 0 Å². The maximum atomic E-state index is 12.4. The Hall–Kier alpha value is -1.11. The zero-order chi connectivity index (χ0) is 16.1. The van der Waals surface area contributed by atoms with Gasteiger partial charge in [0, 0.05) is 11.5 Å². The van der Waals surface area contributed by atoms with Crippen molar-refractivity contribution in [2.24, 2.45) is 11.8 Å². The molecule has 1 saturated carbocycles. The van der Waals surface area contributed by atoms with Crippen molar-refractivity contribution in [3.05, 3.63) is 34.4 Å². The van der Waals surface area contributed by atoms with E-state index in [0.717, 1.165) is 17.9 Å². The first-order chi connectivity index (χ1) is 10.3. The van der Waals surface area contributed by atoms with Crippen molar-refractivity contribution >= 4 is 5.78 Å². The topological polar surface area (TPSA) is 17.1 Å². The number of fused-ring (bicyclic) bond motifs is 1. The summed E-state index contributed by atoms with van der Waals surface area (Å²) in [5.41, 5.74) is 5.36. The Kier molecular flexibility index (Phi) is 3.95. The number of hydrogen-bond donors (Lipinski definition) is 0. The van der Waals surface area contributed by atoms with Crippen molar-refractivity contribution in [1.29, 1.82) is 0 Å². The first-order valence-corrected chi connectivity index (χ1v) is 9.00. The van der Waals surface area contributed by atoms with Crippen LogP contribution in [0.25, 0.3) is 0 Å². The fraction of sp³-hybridized carbons (Fsp3) is 0.667. The molecule has 1 aromatic carbocycles. The molecule has 3 rings (SSSR count). The molecule has 22 heavy (non-hydrogen) atoms. The summed E-state index contributed by atoms with van der Waals surface area (Å²) in [5, 5.41) is 0. The van der Waals surface area contributed by atoms with Crippen LogP contribution < -0.4 is 0 Å². The standard InChI is InChI=1S/C21H30O/c1-13-8-6-7-9-16(13)18-11-15-10-14(2)20(22)17(15)12-19(18)21(3,4)5/h11-14,16H,6-10H2,1-5H3. The molecule has 0 amide bonds. The highest BCUT2D eigenvalue weighted by Gasteiger charge is 2.33. The number of hydrogen-bond acceptors (Lipinski definition) is 1. The second-order valence-corrected chi connectivity index (χ2v) is 8.68. The van der Waals surface area contributed by atoms with Crippen LogP contribution in [0.2, 0.25) is 0 Å². The van der Waals surface area contributed by atoms with Gasteiger partial charge in [0.2, 0.25) is 0 Å². The molecule has 0 spiro atoms. The van der Waals surface area contributed by atoms with Gasteiger partial charge in [-0.3, -0.25) is 4.79 Å². The van der Waals surface area contributed by atoms with E-state index in [1.165, 1.54) is 36.8 Å². The molecule has 120 valence electrons. The van der Waals surface area contributed by atoms with Gasteiger partial charge in [-0.25, -0.2) is 0 Å². The SMILES string of the molecule is CC1Cc2cc(C3CCCCC3C)c(C(C)(C)C)cc2C1=O. The molecule has 0 radical (unpaired) electrons. The lowest BCUT2D eigenvalue weighted by Gasteiger charge is -2.34. The van der Waals surface area contributed by atoms with Crippen molar-refractivity contribution < 1.29 is 4.79 Å². The predicted molar refractivity (Wildman–Crippen MR) is 92.7 cm³/mol. The Morgan fingerprint density at radius 2 is 1.73 bits per heavy atom. The van der Waals surface area contributed by atoms with Gasteiger partial charge in [-0.15, -0.1) is 0 Å². The monoisotopic (exact) mass is 298 g/mol. The average molecular weight is 298 g/mol. The first-order valence-electron chi connectivity index (χ1n) is 9.00. The van der Waals surface area contributed by atoms with Gasteiger partial charge in [-0.05, 0) is 52.8 Å². The van der Waals surface area contributed by atoms with E-state index in [4.69, 9.17) is 0 Å². The van der Waals surface area contributed by atoms with Crippen LogP contribution in [0, 0.1) is 11.8 Å². The van der Waals surface area contributed by atoms with Gasteiger partial charge in [-0.1, -0.05) is 59.9 Å². The van der Waals surface area contributed by atoms with E-state index in [1.807, 2.05) is 0 Å². The zero-order valence-electron chi connectivity index (χ0n) is 14.8. The minimum Gasteiger partial charge on any atom is -0.294 e. The van der Waals surface area contributed by atoms with Crippen LogP contribution in [-0.2, 0) is 11.8 Å². The van der Waals surface area contributed by atoms with E-state index < -0.39 is 0 Å². The summed E-state index contributed by atoms with van der Waals surface area (Å²) >= 11 is 0. The highest BCUT2D eigenvalue weighted by molar-refractivity contribution is 6.02. The molecule has 0 heterocycles. The Bertz CT molecular complexity index is 591. The van der Waals surface area contributed by atoms with Crippen molar-refractivity contribution in [3.8, 4) is 0 Å². The van der Waals surface area contributed by atoms with E-state index in [9.17, 15) is 4.79 Å². The Labute approximate surface area is 135 Å². The fourth-order valence-corrected chi connectivity index (χ4v) is 4.48. The number of rotatable bonds is 1. The van der Waals surface area contributed by atoms with Crippen LogP contribution in [-0.4, -0.2) is 5.78 Å². The fourth-order valence-electron chi connectivity index (χ4n) is 4.48. The largest absolute Gasteiger partial charge is 0.294 e. The Balaban J connectivity index is 2.13. The highest BCUT2D eigenvalue weighted by Crippen LogP contribution is 2.44. The van der Waals surface area contributed by atoms with Crippen LogP contribution >= 0.6 is 0 Å². The summed E-state index contributed by atoms with van der Waals surface area (Å²) in [6, 6.07) is 4.65. The normalized spacial score (nSPS) is 28.8. The lowest BCUT2D eigenvalue weighted by Crippen LogP contribution is -2.22. The molecule has 1 fully saturated rings. The maximum Gasteiger partial charge on any atom is 0.166 e. The van der Waals surface area contributed by atoms with E-state index in [-0.39, 0.29) is 11.3 Å². The lowest BCUT2D eigenvalue weighted by atomic mass is 9.70. The third-order valence-electron chi connectivity index (χ3n) is 5.83. The van der Waals surface area contributed by atoms with Crippen LogP contribution in [0.4, 0.5) is 0 Å². The van der Waals surface area contributed by atoms with Gasteiger partial charge < -0.3 is 0 Å². The molecule has 1 aromatic rings. The van der Waals surface area contributed by atoms with Crippen molar-refractivity contribution in [3.63, 3.8) is 0 Å². The molecule has 3 atom stereocenters. The highest BCUT2D eigenvalue weighted by atomic mass is 16.1. The number of carbonyl (C=O) groups excluding carboxylic acids is 1. The molecular formula is C21H30O. The summed E-state index contributed by atoms with van der Waals surface area (Å²) in [4.78, 5) is 12.4. The second kappa shape index (κ2) is 5.51. The van der Waals surface area contributed by atoms with E-state index in [1.54, 1.807) is 5.56 Å². The van der Waals surface area contributed by atoms with Gasteiger partial charge in [0.15, 0.2) is 5.78 Å². The molecule has 1 nitrogen and oxygen atoms in total. The lowest BCUT2D eigenvalue weighted by molar-refractivity contribution is 0.0946. The molecular weight excluding hydrogens is 268 g/mol. The van der Waals surface area contributed by atoms with Crippen molar-refractivity contribution in [2.45, 2.75) is 78.1 Å². The molecule has 0 N–H and O–H groups in total. The number of benzene rings is 1. The number of ketones is 1. The first kappa shape index (κ1) is 15.8. The number of Topliss-reactive ketones (excluding diaryl/α,β-unsaturated/α-hetero) is 1. The second-order valence-electron chi connectivity index (χ2n) is 8.68. The minimum absolute atomic E-state index is 0.105. The van der Waals surface area contributed by atoms with Crippen LogP contribution in [0.3, 0.4) is 0 Å². The molecule has 1 heteroatoms. The van der Waals surface area contributed by atoms with Gasteiger partial charge in [0.25, 0.3) is 0 Å². The summed E-state index contributed by atoms with van der Waals surface area (Å²) in [5.74, 6) is 1.97. The molecule has 2 aliphatic rings. The Morgan fingerprint density at radius 3 is 2.36 bits per heavy atom. The predicted octanol–water partition coefficient (Wildman–Crippen LogP) is 5.65. The van der Waals surface area contributed by atoms with E-state index in [2.05, 4.69) is 46.8 Å². The molecule has 0 saturated heterocycles. The van der Waals surface area contributed by atoms with Gasteiger partial charge >= 0.3 is 0 Å². The molecule has 0 aliphatic heterocycles. The number of carbonyl (C=O) groups is 1. The Morgan fingerprint density at radius 1 is 1.05 bits per heavy atom. The zero-order valence-corrected chi connectivity index (χ0v) is 14.8. The molecule has 3 unspecified atom stereocenters. The summed E-state index contributed by atoms with van der Waals surface area (Å²) in [6.45, 7) is 11.3. The maximum absolute atomic E-state index is 12.4. The van der Waals surface area contributed by atoms with Crippen molar-refractivity contribution in [1.82, 2.24) is 0 Å². The minimum atomic E-state index is 0.105. The van der Waals surface area contributed by atoms with E-state index in [0.29, 0.717) is 11.7 Å². The summed E-state index contributed by atoms with van der Waals surface area (Å²) in [6.07, 6.45) is 6.33. The molecule has 0 aromatic heterocycles. The van der Waals surface area contributed by atoms with Gasteiger partial charge in [0.05, 0.1) is 0 Å². The molecule has 0 bridgehead atoms. The average Bonchev–Trinajstić information content (AvgIpc) is 2.72. The van der Waals surface area contributed by atoms with Crippen molar-refractivity contribution in [2.75, 3.05) is 0 Å². The van der Waals surface area contributed by atoms with Gasteiger partial charge in [-0.2, -0.15) is 0 Å². The third kappa shape index (κ3) is 2.64. The summed E-state index contributed by atoms with van der Waals surface area (Å²) in [7, 11) is 0. The smallest absolute Gasteiger partial charge is 0.166 e. The quantitative estimate of drug-likeness (QED) is 0.654. The van der Waals surface area contributed by atoms with Crippen LogP contribution in [0.1, 0.15) is 93.3 Å². The van der Waals surface area contributed by atoms with Crippen LogP contribution in [0.15, 0.2) is 12.1 Å². The molecule has 2 aliphatic carbocycles. The van der Waals surface area contributed by atoms with E-state index >= 15 is 0 Å².